The third-order valence-electron chi connectivity index (χ3n) is 3.01. The maximum Gasteiger partial charge on any atom is 0.410 e. The Bertz CT molecular complexity index is 482. The Morgan fingerprint density at radius 1 is 1.50 bits per heavy atom. The smallest absolute Gasteiger partial charge is 0.410 e. The summed E-state index contributed by atoms with van der Waals surface area (Å²) >= 11 is 0. The Morgan fingerprint density at radius 2 is 2.25 bits per heavy atom. The molecule has 1 saturated heterocycles. The van der Waals surface area contributed by atoms with Gasteiger partial charge in [0, 0.05) is 18.4 Å². The highest BCUT2D eigenvalue weighted by molar-refractivity contribution is 5.68. The molecule has 1 atom stereocenters. The lowest BCUT2D eigenvalue weighted by atomic mass is 10.1. The zero-order valence-electron chi connectivity index (χ0n) is 12.5. The van der Waals surface area contributed by atoms with Gasteiger partial charge in [0.15, 0.2) is 0 Å². The second-order valence-electron chi connectivity index (χ2n) is 6.02. The summed E-state index contributed by atoms with van der Waals surface area (Å²) in [5.74, 6) is 0. The second kappa shape index (κ2) is 5.79. The third kappa shape index (κ3) is 3.93. The first-order chi connectivity index (χ1) is 9.35. The Hall–Kier alpha value is -1.62. The van der Waals surface area contributed by atoms with Crippen molar-refractivity contribution in [3.05, 3.63) is 29.6 Å². The molecule has 1 amide bonds. The van der Waals surface area contributed by atoms with E-state index < -0.39 is 5.60 Å². The number of nitrogens with zero attached hydrogens (tertiary/aromatic N) is 2. The summed E-state index contributed by atoms with van der Waals surface area (Å²) in [5, 5.41) is 0. The van der Waals surface area contributed by atoms with Crippen LogP contribution in [0, 0.1) is 6.92 Å². The summed E-state index contributed by atoms with van der Waals surface area (Å²) in [6, 6.07) is 3.92. The Balaban J connectivity index is 2.03. The number of aromatic nitrogens is 1. The number of amides is 1. The Labute approximate surface area is 119 Å². The van der Waals surface area contributed by atoms with Crippen molar-refractivity contribution >= 4 is 6.09 Å². The summed E-state index contributed by atoms with van der Waals surface area (Å²) in [6.45, 7) is 9.15. The van der Waals surface area contributed by atoms with Gasteiger partial charge in [0.1, 0.15) is 11.7 Å². The van der Waals surface area contributed by atoms with Crippen LogP contribution in [0.15, 0.2) is 18.3 Å². The molecule has 20 heavy (non-hydrogen) atoms. The first-order valence-corrected chi connectivity index (χ1v) is 6.87. The maximum absolute atomic E-state index is 12.1. The molecular weight excluding hydrogens is 256 g/mol. The monoisotopic (exact) mass is 278 g/mol. The quantitative estimate of drug-likeness (QED) is 0.792. The fourth-order valence-electron chi connectivity index (χ4n) is 2.11. The van der Waals surface area contributed by atoms with Gasteiger partial charge in [-0.15, -0.1) is 0 Å². The molecule has 1 aliphatic rings. The summed E-state index contributed by atoms with van der Waals surface area (Å²) < 4.78 is 11.2. The lowest BCUT2D eigenvalue weighted by molar-refractivity contribution is -0.0433. The van der Waals surface area contributed by atoms with Crippen molar-refractivity contribution in [3.63, 3.8) is 0 Å². The zero-order chi connectivity index (χ0) is 14.8. The Kier molecular flexibility index (Phi) is 4.28. The molecule has 0 radical (unpaired) electrons. The number of pyridine rings is 1. The van der Waals surface area contributed by atoms with Crippen LogP contribution in [0.25, 0.3) is 0 Å². The average Bonchev–Trinajstić information content (AvgIpc) is 2.37. The maximum atomic E-state index is 12.1. The number of aryl methyl sites for hydroxylation is 1. The minimum absolute atomic E-state index is 0.113. The van der Waals surface area contributed by atoms with Gasteiger partial charge in [0.25, 0.3) is 0 Å². The van der Waals surface area contributed by atoms with Gasteiger partial charge in [-0.05, 0) is 45.4 Å². The number of carbonyl (C=O) groups excluding carboxylic acids is 1. The molecule has 0 bridgehead atoms. The minimum atomic E-state index is -0.474. The molecule has 1 fully saturated rings. The molecule has 0 saturated carbocycles. The lowest BCUT2D eigenvalue weighted by Gasteiger charge is -2.34. The van der Waals surface area contributed by atoms with Gasteiger partial charge in [-0.25, -0.2) is 4.79 Å². The normalized spacial score (nSPS) is 19.8. The van der Waals surface area contributed by atoms with Crippen LogP contribution in [0.1, 0.15) is 38.1 Å². The zero-order valence-corrected chi connectivity index (χ0v) is 12.5. The summed E-state index contributed by atoms with van der Waals surface area (Å²) in [4.78, 5) is 18.0. The predicted octanol–water partition coefficient (Wildman–Crippen LogP) is 2.70. The van der Waals surface area contributed by atoms with Gasteiger partial charge in [-0.3, -0.25) is 4.98 Å². The molecule has 0 aromatic carbocycles. The SMILES string of the molecule is Cc1cc(C2CN(C(=O)OC(C)(C)C)CCO2)ccn1. The highest BCUT2D eigenvalue weighted by Crippen LogP contribution is 2.23. The molecule has 0 N–H and O–H groups in total. The van der Waals surface area contributed by atoms with Gasteiger partial charge < -0.3 is 14.4 Å². The second-order valence-corrected chi connectivity index (χ2v) is 6.02. The predicted molar refractivity (Wildman–Crippen MR) is 75.5 cm³/mol. The number of rotatable bonds is 1. The fraction of sp³-hybridized carbons (Fsp3) is 0.600. The first kappa shape index (κ1) is 14.8. The van der Waals surface area contributed by atoms with Crippen LogP contribution >= 0.6 is 0 Å². The van der Waals surface area contributed by atoms with Gasteiger partial charge >= 0.3 is 6.09 Å². The number of hydrogen-bond acceptors (Lipinski definition) is 4. The van der Waals surface area contributed by atoms with Gasteiger partial charge in [-0.1, -0.05) is 0 Å². The molecule has 5 heteroatoms. The number of carbonyl (C=O) groups is 1. The van der Waals surface area contributed by atoms with E-state index in [1.54, 1.807) is 11.1 Å². The van der Waals surface area contributed by atoms with Crippen molar-refractivity contribution in [1.29, 1.82) is 0 Å². The molecule has 1 aromatic rings. The number of hydrogen-bond donors (Lipinski definition) is 0. The van der Waals surface area contributed by atoms with Crippen molar-refractivity contribution < 1.29 is 14.3 Å². The van der Waals surface area contributed by atoms with Crippen molar-refractivity contribution in [1.82, 2.24) is 9.88 Å². The van der Waals surface area contributed by atoms with E-state index in [-0.39, 0.29) is 12.2 Å². The molecule has 1 aliphatic heterocycles. The average molecular weight is 278 g/mol. The molecule has 5 nitrogen and oxygen atoms in total. The first-order valence-electron chi connectivity index (χ1n) is 6.87. The van der Waals surface area contributed by atoms with Gasteiger partial charge in [0.05, 0.1) is 13.2 Å². The molecule has 0 aliphatic carbocycles. The summed E-state index contributed by atoms with van der Waals surface area (Å²) in [6.07, 6.45) is 1.37. The van der Waals surface area contributed by atoms with Crippen molar-refractivity contribution in [3.8, 4) is 0 Å². The molecule has 110 valence electrons. The van der Waals surface area contributed by atoms with Gasteiger partial charge in [-0.2, -0.15) is 0 Å². The summed E-state index contributed by atoms with van der Waals surface area (Å²) in [5.41, 5.74) is 1.52. The van der Waals surface area contributed by atoms with Crippen LogP contribution in [0.4, 0.5) is 4.79 Å². The van der Waals surface area contributed by atoms with Crippen molar-refractivity contribution in [2.45, 2.75) is 39.4 Å². The van der Waals surface area contributed by atoms with Crippen LogP contribution in [0.3, 0.4) is 0 Å². The fourth-order valence-corrected chi connectivity index (χ4v) is 2.11. The van der Waals surface area contributed by atoms with Crippen LogP contribution in [0.2, 0.25) is 0 Å². The van der Waals surface area contributed by atoms with Crippen molar-refractivity contribution in [2.24, 2.45) is 0 Å². The standard InChI is InChI=1S/C15H22N2O3/c1-11-9-12(5-6-16-11)13-10-17(7-8-19-13)14(18)20-15(2,3)4/h5-6,9,13H,7-8,10H2,1-4H3. The Morgan fingerprint density at radius 3 is 2.90 bits per heavy atom. The molecule has 2 rings (SSSR count). The van der Waals surface area contributed by atoms with E-state index in [0.29, 0.717) is 19.7 Å². The van der Waals surface area contributed by atoms with E-state index in [9.17, 15) is 4.79 Å². The lowest BCUT2D eigenvalue weighted by Crippen LogP contribution is -2.44. The summed E-state index contributed by atoms with van der Waals surface area (Å²) in [7, 11) is 0. The molecule has 1 unspecified atom stereocenters. The highest BCUT2D eigenvalue weighted by atomic mass is 16.6. The molecular formula is C15H22N2O3. The number of ether oxygens (including phenoxy) is 2. The van der Waals surface area contributed by atoms with E-state index in [1.165, 1.54) is 0 Å². The highest BCUT2D eigenvalue weighted by Gasteiger charge is 2.28. The van der Waals surface area contributed by atoms with Crippen LogP contribution in [-0.2, 0) is 9.47 Å². The van der Waals surface area contributed by atoms with E-state index >= 15 is 0 Å². The molecule has 1 aromatic heterocycles. The third-order valence-corrected chi connectivity index (χ3v) is 3.01. The number of morpholine rings is 1. The van der Waals surface area contributed by atoms with E-state index in [2.05, 4.69) is 4.98 Å². The van der Waals surface area contributed by atoms with Crippen molar-refractivity contribution in [2.75, 3.05) is 19.7 Å². The van der Waals surface area contributed by atoms with Crippen LogP contribution in [0.5, 0.6) is 0 Å². The molecule has 2 heterocycles. The molecule has 0 spiro atoms. The van der Waals surface area contributed by atoms with E-state index in [4.69, 9.17) is 9.47 Å². The van der Waals surface area contributed by atoms with Crippen LogP contribution < -0.4 is 0 Å². The topological polar surface area (TPSA) is 51.7 Å². The largest absolute Gasteiger partial charge is 0.444 e. The minimum Gasteiger partial charge on any atom is -0.444 e. The van der Waals surface area contributed by atoms with E-state index in [0.717, 1.165) is 11.3 Å². The van der Waals surface area contributed by atoms with Gasteiger partial charge in [0.2, 0.25) is 0 Å². The van der Waals surface area contributed by atoms with Crippen LogP contribution in [-0.4, -0.2) is 41.3 Å². The van der Waals surface area contributed by atoms with E-state index in [1.807, 2.05) is 39.8 Å².